The van der Waals surface area contributed by atoms with Gasteiger partial charge in [-0.3, -0.25) is 0 Å². The van der Waals surface area contributed by atoms with E-state index in [1.807, 2.05) is 60.0 Å². The van der Waals surface area contributed by atoms with E-state index in [9.17, 15) is 0 Å². The number of nitrogens with zero attached hydrogens (tertiary/aromatic N) is 3. The van der Waals surface area contributed by atoms with Crippen LogP contribution < -0.4 is 24.3 Å². The highest BCUT2D eigenvalue weighted by molar-refractivity contribution is 5.68. The number of hydrogen-bond acceptors (Lipinski definition) is 7. The van der Waals surface area contributed by atoms with Gasteiger partial charge in [0.15, 0.2) is 28.6 Å². The molecule has 0 radical (unpaired) electrons. The highest BCUT2D eigenvalue weighted by atomic mass is 16.5. The number of benzene rings is 2. The Morgan fingerprint density at radius 3 is 2.15 bits per heavy atom. The molecule has 0 atom stereocenters. The maximum Gasteiger partial charge on any atom is 0.161 e. The maximum absolute atomic E-state index is 5.44. The largest absolute Gasteiger partial charge is 0.493 e. The number of aryl methyl sites for hydroxylation is 1. The van der Waals surface area contributed by atoms with Gasteiger partial charge in [0, 0.05) is 29.9 Å². The second-order valence-corrected chi connectivity index (χ2v) is 7.52. The molecule has 8 heteroatoms. The minimum absolute atomic E-state index is 0.657. The van der Waals surface area contributed by atoms with Gasteiger partial charge >= 0.3 is 0 Å². The average Bonchev–Trinajstić information content (AvgIpc) is 3.27. The molecule has 0 fully saturated rings. The van der Waals surface area contributed by atoms with Crippen LogP contribution >= 0.6 is 0 Å². The number of aromatic nitrogens is 3. The van der Waals surface area contributed by atoms with Crippen LogP contribution in [0.3, 0.4) is 0 Å². The summed E-state index contributed by atoms with van der Waals surface area (Å²) in [4.78, 5) is 4.64. The van der Waals surface area contributed by atoms with E-state index >= 15 is 0 Å². The monoisotopic (exact) mass is 448 g/mol. The molecule has 2 aromatic carbocycles. The van der Waals surface area contributed by atoms with Gasteiger partial charge in [-0.15, -0.1) is 0 Å². The van der Waals surface area contributed by atoms with Crippen LogP contribution in [-0.2, 0) is 6.42 Å². The van der Waals surface area contributed by atoms with Crippen LogP contribution in [0.25, 0.3) is 16.9 Å². The van der Waals surface area contributed by atoms with Gasteiger partial charge in [-0.05, 0) is 49.2 Å². The van der Waals surface area contributed by atoms with Crippen molar-refractivity contribution in [2.75, 3.05) is 40.3 Å². The molecule has 2 aromatic heterocycles. The Bertz CT molecular complexity index is 1270. The fraction of sp³-hybridized carbons (Fsp3) is 0.280. The van der Waals surface area contributed by atoms with Crippen LogP contribution in [0.4, 0.5) is 5.82 Å². The third kappa shape index (κ3) is 4.64. The lowest BCUT2D eigenvalue weighted by atomic mass is 10.1. The highest BCUT2D eigenvalue weighted by Gasteiger charge is 2.13. The van der Waals surface area contributed by atoms with E-state index in [1.165, 1.54) is 0 Å². The second kappa shape index (κ2) is 9.68. The van der Waals surface area contributed by atoms with E-state index in [0.29, 0.717) is 11.5 Å². The Morgan fingerprint density at radius 2 is 1.45 bits per heavy atom. The summed E-state index contributed by atoms with van der Waals surface area (Å²) in [6.07, 6.45) is 0.813. The molecule has 0 bridgehead atoms. The third-order valence-electron chi connectivity index (χ3n) is 5.40. The molecule has 0 saturated heterocycles. The van der Waals surface area contributed by atoms with Gasteiger partial charge in [-0.1, -0.05) is 6.07 Å². The van der Waals surface area contributed by atoms with Gasteiger partial charge in [0.2, 0.25) is 0 Å². The van der Waals surface area contributed by atoms with Gasteiger partial charge in [-0.2, -0.15) is 9.61 Å². The summed E-state index contributed by atoms with van der Waals surface area (Å²) in [6.45, 7) is 2.70. The topological polar surface area (TPSA) is 79.1 Å². The maximum atomic E-state index is 5.44. The zero-order valence-corrected chi connectivity index (χ0v) is 19.5. The predicted molar refractivity (Wildman–Crippen MR) is 128 cm³/mol. The quantitative estimate of drug-likeness (QED) is 0.407. The van der Waals surface area contributed by atoms with E-state index in [0.717, 1.165) is 58.4 Å². The van der Waals surface area contributed by atoms with Crippen molar-refractivity contribution in [1.82, 2.24) is 14.6 Å². The fourth-order valence-electron chi connectivity index (χ4n) is 3.73. The first kappa shape index (κ1) is 22.3. The van der Waals surface area contributed by atoms with Gasteiger partial charge < -0.3 is 24.3 Å². The molecule has 4 aromatic rings. The minimum Gasteiger partial charge on any atom is -0.493 e. The van der Waals surface area contributed by atoms with E-state index in [-0.39, 0.29) is 0 Å². The third-order valence-corrected chi connectivity index (χ3v) is 5.40. The zero-order valence-electron chi connectivity index (χ0n) is 19.5. The zero-order chi connectivity index (χ0) is 23.4. The number of rotatable bonds is 9. The number of ether oxygens (including phenoxy) is 4. The number of fused-ring (bicyclic) bond motifs is 1. The van der Waals surface area contributed by atoms with Crippen molar-refractivity contribution in [3.63, 3.8) is 0 Å². The molecule has 0 saturated carbocycles. The number of methoxy groups -OCH3 is 4. The molecular formula is C25H28N4O4. The molecule has 1 N–H and O–H groups in total. The standard InChI is InChI=1S/C25H28N4O4/c1-16-12-24(26-11-10-17-6-8-20(30-2)22(13-17)32-4)29-25(27-16)15-19(28-29)18-7-9-21(31-3)23(14-18)33-5/h6-9,12-15,26H,10-11H2,1-5H3. The number of hydrogen-bond donors (Lipinski definition) is 1. The van der Waals surface area contributed by atoms with Crippen LogP contribution in [-0.4, -0.2) is 49.6 Å². The van der Waals surface area contributed by atoms with Gasteiger partial charge in [0.05, 0.1) is 34.1 Å². The van der Waals surface area contributed by atoms with Crippen LogP contribution in [0.15, 0.2) is 48.5 Å². The smallest absolute Gasteiger partial charge is 0.161 e. The van der Waals surface area contributed by atoms with E-state index in [1.54, 1.807) is 28.4 Å². The first-order valence-corrected chi connectivity index (χ1v) is 10.6. The second-order valence-electron chi connectivity index (χ2n) is 7.52. The Hall–Kier alpha value is -3.94. The molecule has 0 amide bonds. The molecule has 172 valence electrons. The molecule has 0 aliphatic carbocycles. The lowest BCUT2D eigenvalue weighted by Crippen LogP contribution is -2.10. The van der Waals surface area contributed by atoms with Crippen molar-refractivity contribution in [3.8, 4) is 34.3 Å². The molecule has 2 heterocycles. The van der Waals surface area contributed by atoms with Crippen molar-refractivity contribution in [2.24, 2.45) is 0 Å². The molecule has 0 aliphatic heterocycles. The van der Waals surface area contributed by atoms with Crippen molar-refractivity contribution < 1.29 is 18.9 Å². The van der Waals surface area contributed by atoms with Gasteiger partial charge in [0.25, 0.3) is 0 Å². The molecule has 0 spiro atoms. The Balaban J connectivity index is 1.57. The van der Waals surface area contributed by atoms with Crippen LogP contribution in [0.5, 0.6) is 23.0 Å². The number of anilines is 1. The van der Waals surface area contributed by atoms with Crippen molar-refractivity contribution in [1.29, 1.82) is 0 Å². The summed E-state index contributed by atoms with van der Waals surface area (Å²) in [7, 11) is 6.52. The van der Waals surface area contributed by atoms with E-state index in [4.69, 9.17) is 24.0 Å². The van der Waals surface area contributed by atoms with Crippen LogP contribution in [0.1, 0.15) is 11.3 Å². The molecule has 4 rings (SSSR count). The molecule has 8 nitrogen and oxygen atoms in total. The first-order chi connectivity index (χ1) is 16.1. The Morgan fingerprint density at radius 1 is 0.788 bits per heavy atom. The predicted octanol–water partition coefficient (Wildman–Crippen LogP) is 4.39. The summed E-state index contributed by atoms with van der Waals surface area (Å²) >= 11 is 0. The van der Waals surface area contributed by atoms with E-state index in [2.05, 4.69) is 10.3 Å². The SMILES string of the molecule is COc1ccc(CCNc2cc(C)nc3cc(-c4ccc(OC)c(OC)c4)nn23)cc1OC. The Labute approximate surface area is 193 Å². The lowest BCUT2D eigenvalue weighted by molar-refractivity contribution is 0.354. The summed E-state index contributed by atoms with van der Waals surface area (Å²) < 4.78 is 23.3. The summed E-state index contributed by atoms with van der Waals surface area (Å²) in [5.74, 6) is 3.66. The summed E-state index contributed by atoms with van der Waals surface area (Å²) in [5.41, 5.74) is 4.56. The molecule has 0 unspecified atom stereocenters. The first-order valence-electron chi connectivity index (χ1n) is 10.6. The minimum atomic E-state index is 0.657. The van der Waals surface area contributed by atoms with Gasteiger partial charge in [0.1, 0.15) is 5.82 Å². The van der Waals surface area contributed by atoms with Crippen LogP contribution in [0.2, 0.25) is 0 Å². The Kier molecular flexibility index (Phi) is 6.53. The normalized spacial score (nSPS) is 10.8. The molecule has 0 aliphatic rings. The van der Waals surface area contributed by atoms with Crippen molar-refractivity contribution in [3.05, 3.63) is 59.8 Å². The molecular weight excluding hydrogens is 420 g/mol. The van der Waals surface area contributed by atoms with Crippen molar-refractivity contribution in [2.45, 2.75) is 13.3 Å². The summed E-state index contributed by atoms with van der Waals surface area (Å²) in [6, 6.07) is 15.7. The number of nitrogens with one attached hydrogen (secondary N) is 1. The summed E-state index contributed by atoms with van der Waals surface area (Å²) in [5, 5.41) is 8.28. The average molecular weight is 449 g/mol. The molecule has 33 heavy (non-hydrogen) atoms. The fourth-order valence-corrected chi connectivity index (χ4v) is 3.73. The van der Waals surface area contributed by atoms with Gasteiger partial charge in [-0.25, -0.2) is 4.98 Å². The lowest BCUT2D eigenvalue weighted by Gasteiger charge is -2.11. The van der Waals surface area contributed by atoms with Crippen molar-refractivity contribution >= 4 is 11.5 Å². The van der Waals surface area contributed by atoms with Crippen LogP contribution in [0, 0.1) is 6.92 Å². The van der Waals surface area contributed by atoms with E-state index < -0.39 is 0 Å². The highest BCUT2D eigenvalue weighted by Crippen LogP contribution is 2.32.